The Morgan fingerprint density at radius 1 is 1.36 bits per heavy atom. The van der Waals surface area contributed by atoms with E-state index in [-0.39, 0.29) is 5.91 Å². The molecule has 5 nitrogen and oxygen atoms in total. The van der Waals surface area contributed by atoms with Gasteiger partial charge >= 0.3 is 0 Å². The van der Waals surface area contributed by atoms with E-state index in [0.717, 1.165) is 10.6 Å². The Morgan fingerprint density at radius 3 is 2.77 bits per heavy atom. The van der Waals surface area contributed by atoms with Crippen LogP contribution in [0.25, 0.3) is 0 Å². The van der Waals surface area contributed by atoms with Crippen LogP contribution in [0.15, 0.2) is 24.3 Å². The number of aryl methyl sites for hydroxylation is 1. The molecule has 3 rings (SSSR count). The molecule has 1 amide bonds. The first kappa shape index (κ1) is 15.4. The summed E-state index contributed by atoms with van der Waals surface area (Å²) in [6, 6.07) is 7.49. The molecule has 2 aromatic rings. The largest absolute Gasteiger partial charge is 0.381 e. The van der Waals surface area contributed by atoms with Gasteiger partial charge in [-0.05, 0) is 37.5 Å². The molecule has 1 aromatic heterocycles. The number of rotatable bonds is 3. The van der Waals surface area contributed by atoms with Gasteiger partial charge in [0, 0.05) is 18.2 Å². The van der Waals surface area contributed by atoms with Gasteiger partial charge in [0.25, 0.3) is 0 Å². The summed E-state index contributed by atoms with van der Waals surface area (Å²) >= 11 is 7.48. The molecule has 7 heteroatoms. The predicted octanol–water partition coefficient (Wildman–Crippen LogP) is 3.19. The average Bonchev–Trinajstić information content (AvgIpc) is 2.93. The number of nitrogens with zero attached hydrogens (tertiary/aromatic N) is 2. The normalized spacial score (nSPS) is 17.2. The smallest absolute Gasteiger partial charge is 0.237 e. The third kappa shape index (κ3) is 2.99. The van der Waals surface area contributed by atoms with Crippen molar-refractivity contribution in [2.45, 2.75) is 25.2 Å². The maximum atomic E-state index is 12.9. The Kier molecular flexibility index (Phi) is 4.42. The molecule has 1 aliphatic heterocycles. The van der Waals surface area contributed by atoms with Crippen LogP contribution >= 0.6 is 22.9 Å². The molecule has 0 atom stereocenters. The minimum absolute atomic E-state index is 0.0748. The second-order valence-corrected chi connectivity index (χ2v) is 6.90. The topological polar surface area (TPSA) is 64.1 Å². The van der Waals surface area contributed by atoms with Gasteiger partial charge in [0.15, 0.2) is 0 Å². The van der Waals surface area contributed by atoms with Gasteiger partial charge in [0.05, 0.1) is 5.41 Å². The Balaban J connectivity index is 1.93. The Bertz CT molecular complexity index is 683. The lowest BCUT2D eigenvalue weighted by Gasteiger charge is -2.36. The van der Waals surface area contributed by atoms with Crippen LogP contribution in [0, 0.1) is 6.92 Å². The van der Waals surface area contributed by atoms with Crippen molar-refractivity contribution in [3.63, 3.8) is 0 Å². The Morgan fingerprint density at radius 2 is 2.14 bits per heavy atom. The second-order valence-electron chi connectivity index (χ2n) is 5.29. The monoisotopic (exact) mass is 337 g/mol. The van der Waals surface area contributed by atoms with Gasteiger partial charge < -0.3 is 4.74 Å². The first-order valence-electron chi connectivity index (χ1n) is 7.05. The van der Waals surface area contributed by atoms with Crippen molar-refractivity contribution in [1.82, 2.24) is 10.2 Å². The van der Waals surface area contributed by atoms with E-state index in [1.54, 1.807) is 0 Å². The molecule has 0 unspecified atom stereocenters. The Labute approximate surface area is 137 Å². The average molecular weight is 338 g/mol. The number of nitrogens with one attached hydrogen (secondary N) is 1. The lowest BCUT2D eigenvalue weighted by Crippen LogP contribution is -2.44. The number of amides is 1. The van der Waals surface area contributed by atoms with E-state index in [1.165, 1.54) is 11.3 Å². The number of halogens is 1. The zero-order valence-electron chi connectivity index (χ0n) is 12.1. The molecular formula is C15H16ClN3O2S. The quantitative estimate of drug-likeness (QED) is 0.934. The highest BCUT2D eigenvalue weighted by atomic mass is 35.5. The van der Waals surface area contributed by atoms with E-state index < -0.39 is 5.41 Å². The fourth-order valence-corrected chi connectivity index (χ4v) is 3.49. The SMILES string of the molecule is Cc1nnc(NC(=O)C2(c3cccc(Cl)c3)CCOCC2)s1. The van der Waals surface area contributed by atoms with E-state index in [0.29, 0.717) is 36.2 Å². The van der Waals surface area contributed by atoms with Crippen molar-refractivity contribution < 1.29 is 9.53 Å². The van der Waals surface area contributed by atoms with Crippen LogP contribution in [-0.2, 0) is 14.9 Å². The van der Waals surface area contributed by atoms with E-state index in [4.69, 9.17) is 16.3 Å². The van der Waals surface area contributed by atoms with Crippen LogP contribution in [-0.4, -0.2) is 29.3 Å². The van der Waals surface area contributed by atoms with Gasteiger partial charge in [0.2, 0.25) is 11.0 Å². The van der Waals surface area contributed by atoms with Crippen LogP contribution in [0.4, 0.5) is 5.13 Å². The fraction of sp³-hybridized carbons (Fsp3) is 0.400. The summed E-state index contributed by atoms with van der Waals surface area (Å²) in [6.07, 6.45) is 1.24. The number of carbonyl (C=O) groups excluding carboxylic acids is 1. The molecule has 116 valence electrons. The van der Waals surface area contributed by atoms with Crippen LogP contribution in [0.2, 0.25) is 5.02 Å². The van der Waals surface area contributed by atoms with Gasteiger partial charge in [-0.15, -0.1) is 10.2 Å². The summed E-state index contributed by atoms with van der Waals surface area (Å²) < 4.78 is 5.44. The molecule has 0 radical (unpaired) electrons. The number of anilines is 1. The zero-order chi connectivity index (χ0) is 15.6. The minimum Gasteiger partial charge on any atom is -0.381 e. The van der Waals surface area contributed by atoms with Gasteiger partial charge in [-0.1, -0.05) is 35.1 Å². The predicted molar refractivity (Wildman–Crippen MR) is 86.5 cm³/mol. The summed E-state index contributed by atoms with van der Waals surface area (Å²) in [5.74, 6) is -0.0748. The van der Waals surface area contributed by atoms with Gasteiger partial charge in [-0.3, -0.25) is 10.1 Å². The molecular weight excluding hydrogens is 322 g/mol. The highest BCUT2D eigenvalue weighted by molar-refractivity contribution is 7.15. The molecule has 1 fully saturated rings. The molecule has 1 saturated heterocycles. The van der Waals surface area contributed by atoms with Crippen molar-refractivity contribution in [3.8, 4) is 0 Å². The molecule has 0 saturated carbocycles. The van der Waals surface area contributed by atoms with E-state index in [9.17, 15) is 4.79 Å². The number of benzene rings is 1. The number of carbonyl (C=O) groups is 1. The third-order valence-corrected chi connectivity index (χ3v) is 4.89. The van der Waals surface area contributed by atoms with Crippen molar-refractivity contribution in [2.24, 2.45) is 0 Å². The summed E-state index contributed by atoms with van der Waals surface area (Å²) in [5.41, 5.74) is 0.282. The summed E-state index contributed by atoms with van der Waals surface area (Å²) in [4.78, 5) is 12.9. The molecule has 1 aromatic carbocycles. The molecule has 1 aliphatic rings. The Hall–Kier alpha value is -1.50. The van der Waals surface area contributed by atoms with E-state index in [1.807, 2.05) is 31.2 Å². The van der Waals surface area contributed by atoms with Crippen molar-refractivity contribution in [2.75, 3.05) is 18.5 Å². The summed E-state index contributed by atoms with van der Waals surface area (Å²) in [5, 5.41) is 12.8. The molecule has 22 heavy (non-hydrogen) atoms. The first-order valence-corrected chi connectivity index (χ1v) is 8.25. The standard InChI is InChI=1S/C15H16ClN3O2S/c1-10-18-19-14(22-10)17-13(20)15(5-7-21-8-6-15)11-3-2-4-12(16)9-11/h2-4,9H,5-8H2,1H3,(H,17,19,20). The van der Waals surface area contributed by atoms with Gasteiger partial charge in [-0.2, -0.15) is 0 Å². The van der Waals surface area contributed by atoms with Crippen LogP contribution in [0.1, 0.15) is 23.4 Å². The van der Waals surface area contributed by atoms with Crippen molar-refractivity contribution in [1.29, 1.82) is 0 Å². The van der Waals surface area contributed by atoms with Crippen LogP contribution in [0.5, 0.6) is 0 Å². The molecule has 2 heterocycles. The van der Waals surface area contributed by atoms with Gasteiger partial charge in [-0.25, -0.2) is 0 Å². The number of hydrogen-bond acceptors (Lipinski definition) is 5. The summed E-state index contributed by atoms with van der Waals surface area (Å²) in [6.45, 7) is 2.96. The molecule has 0 spiro atoms. The number of aromatic nitrogens is 2. The van der Waals surface area contributed by atoms with E-state index >= 15 is 0 Å². The van der Waals surface area contributed by atoms with Crippen molar-refractivity contribution >= 4 is 34.0 Å². The lowest BCUT2D eigenvalue weighted by atomic mass is 9.73. The van der Waals surface area contributed by atoms with E-state index in [2.05, 4.69) is 15.5 Å². The molecule has 1 N–H and O–H groups in total. The second kappa shape index (κ2) is 6.32. The number of ether oxygens (including phenoxy) is 1. The van der Waals surface area contributed by atoms with Crippen molar-refractivity contribution in [3.05, 3.63) is 39.9 Å². The summed E-state index contributed by atoms with van der Waals surface area (Å²) in [7, 11) is 0. The van der Waals surface area contributed by atoms with Gasteiger partial charge in [0.1, 0.15) is 5.01 Å². The van der Waals surface area contributed by atoms with Crippen LogP contribution < -0.4 is 5.32 Å². The highest BCUT2D eigenvalue weighted by Gasteiger charge is 2.42. The minimum atomic E-state index is -0.636. The first-order chi connectivity index (χ1) is 10.6. The number of hydrogen-bond donors (Lipinski definition) is 1. The molecule has 0 aliphatic carbocycles. The maximum Gasteiger partial charge on any atom is 0.237 e. The van der Waals surface area contributed by atoms with Crippen LogP contribution in [0.3, 0.4) is 0 Å². The maximum absolute atomic E-state index is 12.9. The third-order valence-electron chi connectivity index (χ3n) is 3.90. The highest BCUT2D eigenvalue weighted by Crippen LogP contribution is 2.37. The molecule has 0 bridgehead atoms. The fourth-order valence-electron chi connectivity index (χ4n) is 2.72. The zero-order valence-corrected chi connectivity index (χ0v) is 13.7. The lowest BCUT2D eigenvalue weighted by molar-refractivity contribution is -0.125.